The highest BCUT2D eigenvalue weighted by Crippen LogP contribution is 2.29. The fraction of sp³-hybridized carbons (Fsp3) is 0.200. The minimum absolute atomic E-state index is 0.0912. The Bertz CT molecular complexity index is 400. The highest BCUT2D eigenvalue weighted by atomic mass is 16.4. The molecule has 4 nitrogen and oxygen atoms in total. The second kappa shape index (κ2) is 3.14. The van der Waals surface area contributed by atoms with Gasteiger partial charge in [-0.2, -0.15) is 0 Å². The molecule has 1 aliphatic heterocycles. The van der Waals surface area contributed by atoms with Gasteiger partial charge >= 0.3 is 5.97 Å². The summed E-state index contributed by atoms with van der Waals surface area (Å²) in [6.45, 7) is 0.0912. The van der Waals surface area contributed by atoms with E-state index in [0.29, 0.717) is 5.56 Å². The zero-order chi connectivity index (χ0) is 10.1. The topological polar surface area (TPSA) is 66.4 Å². The Kier molecular flexibility index (Phi) is 1.96. The van der Waals surface area contributed by atoms with Gasteiger partial charge in [0.15, 0.2) is 5.78 Å². The molecule has 0 amide bonds. The lowest BCUT2D eigenvalue weighted by Gasteiger charge is -2.22. The van der Waals surface area contributed by atoms with Crippen molar-refractivity contribution in [3.05, 3.63) is 29.8 Å². The first-order valence-electron chi connectivity index (χ1n) is 4.28. The molecule has 2 N–H and O–H groups in total. The third kappa shape index (κ3) is 1.25. The number of carbonyl (C=O) groups is 2. The van der Waals surface area contributed by atoms with E-state index in [1.54, 1.807) is 24.3 Å². The molecule has 1 atom stereocenters. The first-order chi connectivity index (χ1) is 6.70. The van der Waals surface area contributed by atoms with Crippen molar-refractivity contribution >= 4 is 17.4 Å². The summed E-state index contributed by atoms with van der Waals surface area (Å²) >= 11 is 0. The van der Waals surface area contributed by atoms with E-state index in [-0.39, 0.29) is 12.3 Å². The van der Waals surface area contributed by atoms with Gasteiger partial charge in [0, 0.05) is 5.69 Å². The Morgan fingerprint density at radius 2 is 2.14 bits per heavy atom. The molecule has 4 heteroatoms. The smallest absolute Gasteiger partial charge is 0.318 e. The van der Waals surface area contributed by atoms with Gasteiger partial charge in [0.1, 0.15) is 5.92 Å². The fourth-order valence-corrected chi connectivity index (χ4v) is 1.64. The van der Waals surface area contributed by atoms with Crippen LogP contribution in [0.4, 0.5) is 5.69 Å². The Labute approximate surface area is 80.6 Å². The lowest BCUT2D eigenvalue weighted by molar-refractivity contribution is -0.142. The molecule has 1 aliphatic rings. The summed E-state index contributed by atoms with van der Waals surface area (Å²) in [6.07, 6.45) is 0. The number of fused-ring (bicyclic) bond motifs is 1. The average molecular weight is 191 g/mol. The maximum atomic E-state index is 11.4. The van der Waals surface area contributed by atoms with Gasteiger partial charge in [-0.05, 0) is 11.6 Å². The van der Waals surface area contributed by atoms with Gasteiger partial charge in [0.25, 0.3) is 0 Å². The number of hydrogen-bond donors (Lipinski definition) is 2. The molecule has 0 saturated carbocycles. The van der Waals surface area contributed by atoms with Gasteiger partial charge in [-0.15, -0.1) is 0 Å². The summed E-state index contributed by atoms with van der Waals surface area (Å²) in [6, 6.07) is 6.98. The normalized spacial score (nSPS) is 19.7. The highest BCUT2D eigenvalue weighted by Gasteiger charge is 2.32. The van der Waals surface area contributed by atoms with Crippen molar-refractivity contribution in [3.63, 3.8) is 0 Å². The summed E-state index contributed by atoms with van der Waals surface area (Å²) in [7, 11) is 0. The molecule has 0 radical (unpaired) electrons. The van der Waals surface area contributed by atoms with E-state index in [9.17, 15) is 9.59 Å². The first-order valence-corrected chi connectivity index (χ1v) is 4.28. The second-order valence-corrected chi connectivity index (χ2v) is 3.18. The molecular formula is C10H9NO3. The SMILES string of the molecule is O=C(O)C1C(=O)CNc2ccccc21. The number of aliphatic carboxylic acids is 1. The number of anilines is 1. The van der Waals surface area contributed by atoms with Gasteiger partial charge in [-0.25, -0.2) is 0 Å². The van der Waals surface area contributed by atoms with Crippen molar-refractivity contribution in [2.75, 3.05) is 11.9 Å². The van der Waals surface area contributed by atoms with Crippen LogP contribution in [0.2, 0.25) is 0 Å². The number of carboxylic acid groups (broad SMARTS) is 1. The van der Waals surface area contributed by atoms with E-state index in [4.69, 9.17) is 5.11 Å². The average Bonchev–Trinajstić information content (AvgIpc) is 2.17. The number of ketones is 1. The standard InChI is InChI=1S/C10H9NO3/c12-8-5-11-7-4-2-1-3-6(7)9(8)10(13)14/h1-4,9,11H,5H2,(H,13,14). The molecule has 0 aromatic heterocycles. The van der Waals surface area contributed by atoms with Crippen LogP contribution in [0, 0.1) is 0 Å². The van der Waals surface area contributed by atoms with Crippen LogP contribution in [-0.2, 0) is 9.59 Å². The summed E-state index contributed by atoms with van der Waals surface area (Å²) in [5, 5.41) is 11.8. The molecule has 0 saturated heterocycles. The van der Waals surface area contributed by atoms with Crippen LogP contribution in [0.25, 0.3) is 0 Å². The Balaban J connectivity index is 2.51. The lowest BCUT2D eigenvalue weighted by atomic mass is 9.90. The molecule has 0 fully saturated rings. The van der Waals surface area contributed by atoms with Crippen LogP contribution in [-0.4, -0.2) is 23.4 Å². The molecule has 14 heavy (non-hydrogen) atoms. The molecule has 1 unspecified atom stereocenters. The van der Waals surface area contributed by atoms with Gasteiger partial charge < -0.3 is 10.4 Å². The van der Waals surface area contributed by atoms with Crippen LogP contribution >= 0.6 is 0 Å². The number of carboxylic acids is 1. The van der Waals surface area contributed by atoms with Gasteiger partial charge in [0.05, 0.1) is 6.54 Å². The quantitative estimate of drug-likeness (QED) is 0.646. The van der Waals surface area contributed by atoms with Crippen molar-refractivity contribution in [2.24, 2.45) is 0 Å². The van der Waals surface area contributed by atoms with Crippen LogP contribution in [0.15, 0.2) is 24.3 Å². The van der Waals surface area contributed by atoms with Crippen LogP contribution in [0.5, 0.6) is 0 Å². The molecule has 0 aliphatic carbocycles. The molecular weight excluding hydrogens is 182 g/mol. The molecule has 2 rings (SSSR count). The van der Waals surface area contributed by atoms with Crippen LogP contribution in [0.1, 0.15) is 11.5 Å². The summed E-state index contributed by atoms with van der Waals surface area (Å²) in [5.74, 6) is -2.38. The van der Waals surface area contributed by atoms with Crippen LogP contribution < -0.4 is 5.32 Å². The predicted octanol–water partition coefficient (Wildman–Crippen LogP) is 0.849. The monoisotopic (exact) mass is 191 g/mol. The third-order valence-electron chi connectivity index (χ3n) is 2.29. The maximum absolute atomic E-state index is 11.4. The van der Waals surface area contributed by atoms with E-state index in [1.165, 1.54) is 0 Å². The molecule has 1 aromatic carbocycles. The third-order valence-corrected chi connectivity index (χ3v) is 2.29. The van der Waals surface area contributed by atoms with Crippen molar-refractivity contribution < 1.29 is 14.7 Å². The molecule has 0 bridgehead atoms. The number of hydrogen-bond acceptors (Lipinski definition) is 3. The number of nitrogens with one attached hydrogen (secondary N) is 1. The van der Waals surface area contributed by atoms with Gasteiger partial charge in [-0.1, -0.05) is 18.2 Å². The predicted molar refractivity (Wildman–Crippen MR) is 50.3 cm³/mol. The largest absolute Gasteiger partial charge is 0.480 e. The maximum Gasteiger partial charge on any atom is 0.318 e. The van der Waals surface area contributed by atoms with Crippen molar-refractivity contribution in [2.45, 2.75) is 5.92 Å². The molecule has 0 spiro atoms. The zero-order valence-corrected chi connectivity index (χ0v) is 7.36. The van der Waals surface area contributed by atoms with Gasteiger partial charge in [-0.3, -0.25) is 9.59 Å². The van der Waals surface area contributed by atoms with E-state index in [2.05, 4.69) is 5.32 Å². The first kappa shape index (κ1) is 8.74. The minimum Gasteiger partial charge on any atom is -0.480 e. The van der Waals surface area contributed by atoms with E-state index < -0.39 is 11.9 Å². The number of Topliss-reactive ketones (excluding diaryl/α,β-unsaturated/α-hetero) is 1. The Morgan fingerprint density at radius 1 is 1.43 bits per heavy atom. The van der Waals surface area contributed by atoms with E-state index >= 15 is 0 Å². The summed E-state index contributed by atoms with van der Waals surface area (Å²) in [5.41, 5.74) is 1.29. The molecule has 1 heterocycles. The van der Waals surface area contributed by atoms with Gasteiger partial charge in [0.2, 0.25) is 0 Å². The fourth-order valence-electron chi connectivity index (χ4n) is 1.64. The Hall–Kier alpha value is -1.84. The zero-order valence-electron chi connectivity index (χ0n) is 7.36. The summed E-state index contributed by atoms with van der Waals surface area (Å²) < 4.78 is 0. The highest BCUT2D eigenvalue weighted by molar-refractivity contribution is 6.08. The molecule has 72 valence electrons. The second-order valence-electron chi connectivity index (χ2n) is 3.18. The van der Waals surface area contributed by atoms with Crippen molar-refractivity contribution in [1.82, 2.24) is 0 Å². The number of benzene rings is 1. The minimum atomic E-state index is -1.08. The summed E-state index contributed by atoms with van der Waals surface area (Å²) in [4.78, 5) is 22.2. The van der Waals surface area contributed by atoms with Crippen LogP contribution in [0.3, 0.4) is 0 Å². The number of para-hydroxylation sites is 1. The Morgan fingerprint density at radius 3 is 2.86 bits per heavy atom. The van der Waals surface area contributed by atoms with E-state index in [1.807, 2.05) is 0 Å². The lowest BCUT2D eigenvalue weighted by Crippen LogP contribution is -2.32. The molecule has 1 aromatic rings. The van der Waals surface area contributed by atoms with Crippen molar-refractivity contribution in [3.8, 4) is 0 Å². The van der Waals surface area contributed by atoms with E-state index in [0.717, 1.165) is 5.69 Å². The number of rotatable bonds is 1. The van der Waals surface area contributed by atoms with Crippen molar-refractivity contribution in [1.29, 1.82) is 0 Å². The number of carbonyl (C=O) groups excluding carboxylic acids is 1.